The maximum Gasteiger partial charge on any atom is 0.124 e. The molecule has 5 rings (SSSR count). The highest BCUT2D eigenvalue weighted by Gasteiger charge is 2.48. The summed E-state index contributed by atoms with van der Waals surface area (Å²) in [6, 6.07) is 5.55. The molecule has 4 saturated carbocycles. The molecule has 21 heavy (non-hydrogen) atoms. The van der Waals surface area contributed by atoms with Crippen molar-refractivity contribution in [3.8, 4) is 11.5 Å². The fourth-order valence-corrected chi connectivity index (χ4v) is 5.55. The van der Waals surface area contributed by atoms with Gasteiger partial charge in [-0.3, -0.25) is 0 Å². The van der Waals surface area contributed by atoms with Gasteiger partial charge in [-0.15, -0.1) is 0 Å². The maximum absolute atomic E-state index is 10.0. The lowest BCUT2D eigenvalue weighted by Gasteiger charge is -2.55. The first-order chi connectivity index (χ1) is 10.1. The van der Waals surface area contributed by atoms with E-state index in [2.05, 4.69) is 12.2 Å². The van der Waals surface area contributed by atoms with Gasteiger partial charge in [-0.05, 0) is 74.8 Å². The fourth-order valence-electron chi connectivity index (χ4n) is 5.55. The van der Waals surface area contributed by atoms with Crippen molar-refractivity contribution < 1.29 is 10.2 Å². The Morgan fingerprint density at radius 2 is 1.48 bits per heavy atom. The molecule has 4 aliphatic carbocycles. The Morgan fingerprint density at radius 3 is 2.00 bits per heavy atom. The highest BCUT2D eigenvalue weighted by Crippen LogP contribution is 2.54. The first-order valence-electron chi connectivity index (χ1n) is 8.38. The Morgan fingerprint density at radius 1 is 0.952 bits per heavy atom. The zero-order valence-corrected chi connectivity index (χ0v) is 12.6. The summed E-state index contributed by atoms with van der Waals surface area (Å²) in [5, 5.41) is 23.8. The molecule has 0 saturated heterocycles. The van der Waals surface area contributed by atoms with Gasteiger partial charge in [0.1, 0.15) is 11.5 Å². The number of aromatic hydroxyl groups is 2. The van der Waals surface area contributed by atoms with Crippen molar-refractivity contribution in [3.05, 3.63) is 23.8 Å². The Hall–Kier alpha value is -1.22. The summed E-state index contributed by atoms with van der Waals surface area (Å²) in [4.78, 5) is 0. The summed E-state index contributed by atoms with van der Waals surface area (Å²) in [6.07, 6.45) is 6.98. The Labute approximate surface area is 126 Å². The second kappa shape index (κ2) is 4.91. The van der Waals surface area contributed by atoms with E-state index in [1.54, 1.807) is 18.2 Å². The molecule has 4 bridgehead atoms. The predicted octanol–water partition coefficient (Wildman–Crippen LogP) is 3.57. The smallest absolute Gasteiger partial charge is 0.124 e. The molecular weight excluding hydrogens is 262 g/mol. The van der Waals surface area contributed by atoms with Gasteiger partial charge in [0, 0.05) is 12.1 Å². The molecule has 1 aromatic rings. The van der Waals surface area contributed by atoms with E-state index < -0.39 is 0 Å². The third-order valence-electron chi connectivity index (χ3n) is 6.16. The van der Waals surface area contributed by atoms with Gasteiger partial charge in [0.25, 0.3) is 0 Å². The van der Waals surface area contributed by atoms with Gasteiger partial charge in [0.05, 0.1) is 5.56 Å². The van der Waals surface area contributed by atoms with Crippen molar-refractivity contribution in [2.24, 2.45) is 23.7 Å². The molecular formula is C18H25NO2. The molecule has 114 valence electrons. The van der Waals surface area contributed by atoms with Crippen LogP contribution in [0.3, 0.4) is 0 Å². The average Bonchev–Trinajstić information content (AvgIpc) is 2.42. The summed E-state index contributed by atoms with van der Waals surface area (Å²) in [7, 11) is 0. The molecule has 3 N–H and O–H groups in total. The van der Waals surface area contributed by atoms with Crippen molar-refractivity contribution >= 4 is 0 Å². The number of benzene rings is 1. The van der Waals surface area contributed by atoms with Crippen LogP contribution in [0.25, 0.3) is 0 Å². The summed E-state index contributed by atoms with van der Waals surface area (Å²) >= 11 is 0. The average molecular weight is 287 g/mol. The Balaban J connectivity index is 1.53. The molecule has 3 heteroatoms. The van der Waals surface area contributed by atoms with E-state index in [4.69, 9.17) is 0 Å². The zero-order chi connectivity index (χ0) is 14.6. The lowest BCUT2D eigenvalue weighted by Crippen LogP contribution is -2.54. The lowest BCUT2D eigenvalue weighted by molar-refractivity contribution is -0.0172. The van der Waals surface area contributed by atoms with Gasteiger partial charge in [0.15, 0.2) is 0 Å². The highest BCUT2D eigenvalue weighted by atomic mass is 16.3. The second-order valence-electron chi connectivity index (χ2n) is 7.55. The molecule has 0 radical (unpaired) electrons. The molecule has 1 aromatic carbocycles. The van der Waals surface area contributed by atoms with Crippen LogP contribution in [0.1, 0.15) is 50.6 Å². The van der Waals surface area contributed by atoms with Crippen molar-refractivity contribution in [3.63, 3.8) is 0 Å². The van der Waals surface area contributed by atoms with E-state index in [1.807, 2.05) is 0 Å². The molecule has 1 unspecified atom stereocenters. The third kappa shape index (κ3) is 2.22. The van der Waals surface area contributed by atoms with Crippen LogP contribution in [-0.4, -0.2) is 16.3 Å². The monoisotopic (exact) mass is 287 g/mol. The van der Waals surface area contributed by atoms with Crippen LogP contribution >= 0.6 is 0 Å². The van der Waals surface area contributed by atoms with Crippen molar-refractivity contribution in [2.75, 3.05) is 0 Å². The van der Waals surface area contributed by atoms with Crippen LogP contribution < -0.4 is 5.32 Å². The Kier molecular flexibility index (Phi) is 3.14. The van der Waals surface area contributed by atoms with Gasteiger partial charge in [0.2, 0.25) is 0 Å². The number of phenols is 2. The molecule has 4 fully saturated rings. The first-order valence-corrected chi connectivity index (χ1v) is 8.38. The minimum absolute atomic E-state index is 0.00581. The second-order valence-corrected chi connectivity index (χ2v) is 7.55. The Bertz CT molecular complexity index is 494. The van der Waals surface area contributed by atoms with E-state index in [-0.39, 0.29) is 17.5 Å². The summed E-state index contributed by atoms with van der Waals surface area (Å²) in [5.74, 6) is 3.94. The van der Waals surface area contributed by atoms with Crippen molar-refractivity contribution in [1.82, 2.24) is 5.32 Å². The standard InChI is InChI=1S/C18H25NO2/c1-10(17-15(20)3-2-4-16(17)21)19-18-13-6-11-5-12(8-13)9-14(18)7-11/h2-4,10-14,18-21H,5-9H2,1H3. The molecule has 0 amide bonds. The van der Waals surface area contributed by atoms with Crippen molar-refractivity contribution in [1.29, 1.82) is 0 Å². The van der Waals surface area contributed by atoms with Crippen LogP contribution in [0.15, 0.2) is 18.2 Å². The third-order valence-corrected chi connectivity index (χ3v) is 6.16. The number of nitrogens with one attached hydrogen (secondary N) is 1. The van der Waals surface area contributed by atoms with E-state index in [0.717, 1.165) is 23.7 Å². The van der Waals surface area contributed by atoms with E-state index in [0.29, 0.717) is 11.6 Å². The zero-order valence-electron chi connectivity index (χ0n) is 12.6. The van der Waals surface area contributed by atoms with Crippen LogP contribution in [0, 0.1) is 23.7 Å². The molecule has 0 spiro atoms. The fraction of sp³-hybridized carbons (Fsp3) is 0.667. The SMILES string of the molecule is CC(NC1C2CC3CC(C2)CC1C3)c1c(O)cccc1O. The predicted molar refractivity (Wildman–Crippen MR) is 82.2 cm³/mol. The quantitative estimate of drug-likeness (QED) is 0.796. The van der Waals surface area contributed by atoms with E-state index in [1.165, 1.54) is 32.1 Å². The first kappa shape index (κ1) is 13.4. The largest absolute Gasteiger partial charge is 0.507 e. The van der Waals surface area contributed by atoms with E-state index in [9.17, 15) is 10.2 Å². The molecule has 0 aromatic heterocycles. The molecule has 0 heterocycles. The number of phenolic OH excluding ortho intramolecular Hbond substituents is 2. The highest BCUT2D eigenvalue weighted by molar-refractivity contribution is 5.45. The van der Waals surface area contributed by atoms with Crippen LogP contribution in [-0.2, 0) is 0 Å². The van der Waals surface area contributed by atoms with Gasteiger partial charge in [-0.2, -0.15) is 0 Å². The molecule has 1 atom stereocenters. The van der Waals surface area contributed by atoms with E-state index >= 15 is 0 Å². The molecule has 3 nitrogen and oxygen atoms in total. The molecule has 4 aliphatic rings. The number of hydrogen-bond acceptors (Lipinski definition) is 3. The minimum atomic E-state index is -0.00581. The van der Waals surface area contributed by atoms with Gasteiger partial charge < -0.3 is 15.5 Å². The van der Waals surface area contributed by atoms with Crippen LogP contribution in [0.5, 0.6) is 11.5 Å². The summed E-state index contributed by atoms with van der Waals surface area (Å²) in [6.45, 7) is 2.06. The van der Waals surface area contributed by atoms with Gasteiger partial charge >= 0.3 is 0 Å². The van der Waals surface area contributed by atoms with Gasteiger partial charge in [-0.1, -0.05) is 6.07 Å². The molecule has 0 aliphatic heterocycles. The lowest BCUT2D eigenvalue weighted by atomic mass is 9.54. The minimum Gasteiger partial charge on any atom is -0.507 e. The van der Waals surface area contributed by atoms with Crippen molar-refractivity contribution in [2.45, 2.75) is 51.1 Å². The van der Waals surface area contributed by atoms with Gasteiger partial charge in [-0.25, -0.2) is 0 Å². The van der Waals surface area contributed by atoms with Crippen LogP contribution in [0.4, 0.5) is 0 Å². The topological polar surface area (TPSA) is 52.5 Å². The number of hydrogen-bond donors (Lipinski definition) is 3. The maximum atomic E-state index is 10.0. The van der Waals surface area contributed by atoms with Crippen LogP contribution in [0.2, 0.25) is 0 Å². The number of rotatable bonds is 3. The summed E-state index contributed by atoms with van der Waals surface area (Å²) < 4.78 is 0. The normalized spacial score (nSPS) is 38.6. The summed E-state index contributed by atoms with van der Waals surface area (Å²) in [5.41, 5.74) is 0.645.